The fourth-order valence-corrected chi connectivity index (χ4v) is 2.98. The van der Waals surface area contributed by atoms with Gasteiger partial charge in [0.15, 0.2) is 15.1 Å². The van der Waals surface area contributed by atoms with E-state index in [4.69, 9.17) is 16.7 Å². The molecule has 1 aromatic carbocycles. The van der Waals surface area contributed by atoms with E-state index in [9.17, 15) is 13.2 Å². The first-order valence-electron chi connectivity index (χ1n) is 4.61. The van der Waals surface area contributed by atoms with Crippen molar-refractivity contribution in [3.05, 3.63) is 29.3 Å². The first kappa shape index (κ1) is 14.0. The monoisotopic (exact) mass is 278 g/mol. The molecular formula is C10H11ClO5S. The van der Waals surface area contributed by atoms with E-state index in [-0.39, 0.29) is 9.92 Å². The van der Waals surface area contributed by atoms with Crippen molar-refractivity contribution < 1.29 is 23.1 Å². The van der Waals surface area contributed by atoms with Crippen LogP contribution in [0.15, 0.2) is 29.2 Å². The van der Waals surface area contributed by atoms with Crippen molar-refractivity contribution in [2.75, 3.05) is 13.7 Å². The quantitative estimate of drug-likeness (QED) is 0.876. The highest BCUT2D eigenvalue weighted by Gasteiger charge is 2.34. The molecule has 0 bridgehead atoms. The molecule has 0 spiro atoms. The van der Waals surface area contributed by atoms with E-state index in [1.807, 2.05) is 0 Å². The summed E-state index contributed by atoms with van der Waals surface area (Å²) in [6, 6.07) is 5.46. The predicted molar refractivity (Wildman–Crippen MR) is 61.9 cm³/mol. The molecule has 94 valence electrons. The van der Waals surface area contributed by atoms with Gasteiger partial charge in [-0.3, -0.25) is 4.79 Å². The molecule has 0 amide bonds. The smallest absolute Gasteiger partial charge is 0.324 e. The lowest BCUT2D eigenvalue weighted by atomic mass is 10.4. The Kier molecular flexibility index (Phi) is 4.50. The highest BCUT2D eigenvalue weighted by Crippen LogP contribution is 2.20. The Labute approximate surface area is 104 Å². The van der Waals surface area contributed by atoms with Crippen LogP contribution in [0.2, 0.25) is 5.02 Å². The highest BCUT2D eigenvalue weighted by molar-refractivity contribution is 7.92. The van der Waals surface area contributed by atoms with Gasteiger partial charge in [0.05, 0.1) is 11.5 Å². The number of hydrogen-bond acceptors (Lipinski definition) is 4. The van der Waals surface area contributed by atoms with Gasteiger partial charge in [-0.25, -0.2) is 8.42 Å². The molecule has 0 aromatic heterocycles. The Hall–Kier alpha value is -1.11. The third-order valence-electron chi connectivity index (χ3n) is 2.09. The Balaban J connectivity index is 3.21. The van der Waals surface area contributed by atoms with Crippen molar-refractivity contribution in [1.82, 2.24) is 0 Å². The van der Waals surface area contributed by atoms with E-state index >= 15 is 0 Å². The maximum absolute atomic E-state index is 12.0. The summed E-state index contributed by atoms with van der Waals surface area (Å²) in [4.78, 5) is 10.8. The van der Waals surface area contributed by atoms with E-state index in [2.05, 4.69) is 4.74 Å². The SMILES string of the molecule is COCC(C(=O)O)S(=O)(=O)c1cccc(Cl)c1. The summed E-state index contributed by atoms with van der Waals surface area (Å²) >= 11 is 5.67. The topological polar surface area (TPSA) is 80.7 Å². The molecule has 0 saturated carbocycles. The van der Waals surface area contributed by atoms with E-state index in [1.165, 1.54) is 31.4 Å². The summed E-state index contributed by atoms with van der Waals surface area (Å²) in [5.41, 5.74) is 0. The number of methoxy groups -OCH3 is 1. The number of rotatable bonds is 5. The van der Waals surface area contributed by atoms with Crippen molar-refractivity contribution in [1.29, 1.82) is 0 Å². The van der Waals surface area contributed by atoms with Crippen molar-refractivity contribution in [3.8, 4) is 0 Å². The van der Waals surface area contributed by atoms with Crippen molar-refractivity contribution in [2.45, 2.75) is 10.1 Å². The van der Waals surface area contributed by atoms with Crippen LogP contribution in [-0.2, 0) is 19.4 Å². The number of halogens is 1. The number of carboxylic acid groups (broad SMARTS) is 1. The van der Waals surface area contributed by atoms with Crippen LogP contribution in [0.5, 0.6) is 0 Å². The number of aliphatic carboxylic acids is 1. The molecule has 0 aliphatic heterocycles. The standard InChI is InChI=1S/C10H11ClO5S/c1-16-6-9(10(12)13)17(14,15)8-4-2-3-7(11)5-8/h2-5,9H,6H2,1H3,(H,12,13). The lowest BCUT2D eigenvalue weighted by Gasteiger charge is -2.12. The molecule has 0 fully saturated rings. The molecule has 1 aromatic rings. The Bertz CT molecular complexity index is 511. The number of hydrogen-bond donors (Lipinski definition) is 1. The van der Waals surface area contributed by atoms with Crippen LogP contribution in [0.25, 0.3) is 0 Å². The highest BCUT2D eigenvalue weighted by atomic mass is 35.5. The van der Waals surface area contributed by atoms with Crippen LogP contribution in [0.3, 0.4) is 0 Å². The predicted octanol–water partition coefficient (Wildman–Crippen LogP) is 1.21. The van der Waals surface area contributed by atoms with Gasteiger partial charge in [0.25, 0.3) is 0 Å². The zero-order valence-electron chi connectivity index (χ0n) is 8.96. The molecule has 7 heteroatoms. The first-order chi connectivity index (χ1) is 7.89. The zero-order valence-corrected chi connectivity index (χ0v) is 10.5. The normalized spacial score (nSPS) is 13.3. The molecule has 1 unspecified atom stereocenters. The first-order valence-corrected chi connectivity index (χ1v) is 6.53. The van der Waals surface area contributed by atoms with Gasteiger partial charge in [0, 0.05) is 12.1 Å². The second-order valence-electron chi connectivity index (χ2n) is 3.28. The van der Waals surface area contributed by atoms with Crippen LogP contribution < -0.4 is 0 Å². The van der Waals surface area contributed by atoms with E-state index in [0.29, 0.717) is 0 Å². The van der Waals surface area contributed by atoms with Gasteiger partial charge in [-0.05, 0) is 18.2 Å². The lowest BCUT2D eigenvalue weighted by Crippen LogP contribution is -2.34. The van der Waals surface area contributed by atoms with Gasteiger partial charge in [0.2, 0.25) is 0 Å². The van der Waals surface area contributed by atoms with Gasteiger partial charge in [-0.15, -0.1) is 0 Å². The van der Waals surface area contributed by atoms with Crippen molar-refractivity contribution in [2.24, 2.45) is 0 Å². The van der Waals surface area contributed by atoms with Gasteiger partial charge in [-0.1, -0.05) is 17.7 Å². The summed E-state index contributed by atoms with van der Waals surface area (Å²) in [6.45, 7) is -0.413. The molecule has 0 aliphatic carbocycles. The Morgan fingerprint density at radius 3 is 2.65 bits per heavy atom. The molecule has 0 radical (unpaired) electrons. The Morgan fingerprint density at radius 2 is 2.18 bits per heavy atom. The molecule has 0 heterocycles. The summed E-state index contributed by atoms with van der Waals surface area (Å²) in [5.74, 6) is -1.45. The minimum atomic E-state index is -3.99. The minimum absolute atomic E-state index is 0.130. The summed E-state index contributed by atoms with van der Waals surface area (Å²) in [5, 5.41) is 7.47. The van der Waals surface area contributed by atoms with E-state index < -0.39 is 27.7 Å². The summed E-state index contributed by atoms with van der Waals surface area (Å²) in [7, 11) is -2.75. The van der Waals surface area contributed by atoms with Crippen LogP contribution >= 0.6 is 11.6 Å². The van der Waals surface area contributed by atoms with Gasteiger partial charge in [0.1, 0.15) is 0 Å². The van der Waals surface area contributed by atoms with Crippen molar-refractivity contribution in [3.63, 3.8) is 0 Å². The summed E-state index contributed by atoms with van der Waals surface area (Å²) < 4.78 is 28.6. The molecule has 0 saturated heterocycles. The fraction of sp³-hybridized carbons (Fsp3) is 0.300. The van der Waals surface area contributed by atoms with Gasteiger partial charge in [-0.2, -0.15) is 0 Å². The number of ether oxygens (including phenoxy) is 1. The van der Waals surface area contributed by atoms with Gasteiger partial charge < -0.3 is 9.84 Å². The van der Waals surface area contributed by atoms with Gasteiger partial charge >= 0.3 is 5.97 Å². The third kappa shape index (κ3) is 3.18. The average molecular weight is 279 g/mol. The number of benzene rings is 1. The molecule has 1 atom stereocenters. The molecule has 5 nitrogen and oxygen atoms in total. The van der Waals surface area contributed by atoms with E-state index in [1.54, 1.807) is 0 Å². The fourth-order valence-electron chi connectivity index (χ4n) is 1.25. The molecule has 1 N–H and O–H groups in total. The third-order valence-corrected chi connectivity index (χ3v) is 4.33. The maximum atomic E-state index is 12.0. The Morgan fingerprint density at radius 1 is 1.53 bits per heavy atom. The van der Waals surface area contributed by atoms with Crippen LogP contribution in [0.4, 0.5) is 0 Å². The molecular weight excluding hydrogens is 268 g/mol. The van der Waals surface area contributed by atoms with Crippen LogP contribution in [-0.4, -0.2) is 38.5 Å². The average Bonchev–Trinajstić information content (AvgIpc) is 2.25. The number of sulfone groups is 1. The molecule has 0 aliphatic rings. The maximum Gasteiger partial charge on any atom is 0.324 e. The van der Waals surface area contributed by atoms with E-state index in [0.717, 1.165) is 0 Å². The largest absolute Gasteiger partial charge is 0.480 e. The summed E-state index contributed by atoms with van der Waals surface area (Å²) in [6.07, 6.45) is 0. The zero-order chi connectivity index (χ0) is 13.1. The second kappa shape index (κ2) is 5.48. The van der Waals surface area contributed by atoms with Crippen molar-refractivity contribution >= 4 is 27.4 Å². The van der Waals surface area contributed by atoms with Crippen LogP contribution in [0, 0.1) is 0 Å². The molecule has 1 rings (SSSR count). The number of carboxylic acids is 1. The number of carbonyl (C=O) groups is 1. The second-order valence-corrected chi connectivity index (χ2v) is 5.85. The lowest BCUT2D eigenvalue weighted by molar-refractivity contribution is -0.137. The van der Waals surface area contributed by atoms with Crippen LogP contribution in [0.1, 0.15) is 0 Å². The molecule has 17 heavy (non-hydrogen) atoms. The minimum Gasteiger partial charge on any atom is -0.480 e.